The van der Waals surface area contributed by atoms with Crippen LogP contribution in [0.1, 0.15) is 20.8 Å². The highest BCUT2D eigenvalue weighted by Crippen LogP contribution is 2.19. The molecule has 5 N–H and O–H groups in total. The lowest BCUT2D eigenvalue weighted by Crippen LogP contribution is -2.52. The van der Waals surface area contributed by atoms with Crippen molar-refractivity contribution in [3.63, 3.8) is 0 Å². The Morgan fingerprint density at radius 3 is 1.53 bits per heavy atom. The van der Waals surface area contributed by atoms with Crippen LogP contribution >= 0.6 is 0 Å². The molecule has 0 saturated heterocycles. The lowest BCUT2D eigenvalue weighted by atomic mass is 9.84. The van der Waals surface area contributed by atoms with Gasteiger partial charge in [-0.3, -0.25) is 4.79 Å². The summed E-state index contributed by atoms with van der Waals surface area (Å²) in [5.41, 5.74) is -0.964. The highest BCUT2D eigenvalue weighted by Gasteiger charge is 2.40. The van der Waals surface area contributed by atoms with Crippen molar-refractivity contribution in [2.75, 3.05) is 0 Å². The van der Waals surface area contributed by atoms with Gasteiger partial charge < -0.3 is 25.5 Å². The molecule has 0 aromatic rings. The zero-order valence-electron chi connectivity index (χ0n) is 9.86. The van der Waals surface area contributed by atoms with E-state index in [2.05, 4.69) is 0 Å². The zero-order valence-corrected chi connectivity index (χ0v) is 9.86. The van der Waals surface area contributed by atoms with Gasteiger partial charge in [-0.1, -0.05) is 20.8 Å². The average molecular weight is 250 g/mol. The fourth-order valence-electron chi connectivity index (χ4n) is 1.12. The van der Waals surface area contributed by atoms with Gasteiger partial charge in [0.2, 0.25) is 0 Å². The summed E-state index contributed by atoms with van der Waals surface area (Å²) < 4.78 is 0. The normalized spacial score (nSPS) is 19.2. The molecule has 0 amide bonds. The number of ketones is 1. The second kappa shape index (κ2) is 5.54. The van der Waals surface area contributed by atoms with Crippen LogP contribution in [-0.4, -0.2) is 61.7 Å². The molecule has 4 atom stereocenters. The molecule has 17 heavy (non-hydrogen) atoms. The van der Waals surface area contributed by atoms with E-state index in [0.717, 1.165) is 0 Å². The van der Waals surface area contributed by atoms with Crippen LogP contribution in [0.25, 0.3) is 0 Å². The van der Waals surface area contributed by atoms with Gasteiger partial charge in [0.15, 0.2) is 11.9 Å². The summed E-state index contributed by atoms with van der Waals surface area (Å²) in [6.07, 6.45) is -8.44. The minimum atomic E-state index is -2.27. The van der Waals surface area contributed by atoms with E-state index < -0.39 is 41.6 Å². The first-order valence-electron chi connectivity index (χ1n) is 4.99. The Labute approximate surface area is 98.3 Å². The number of carboxylic acids is 1. The van der Waals surface area contributed by atoms with E-state index in [0.29, 0.717) is 0 Å². The summed E-state index contributed by atoms with van der Waals surface area (Å²) in [6, 6.07) is 0. The third-order valence-corrected chi connectivity index (χ3v) is 2.26. The van der Waals surface area contributed by atoms with Gasteiger partial charge in [-0.25, -0.2) is 4.79 Å². The molecule has 0 heterocycles. The molecule has 0 aromatic carbocycles. The zero-order chi connectivity index (χ0) is 14.0. The Kier molecular flexibility index (Phi) is 5.21. The van der Waals surface area contributed by atoms with E-state index in [-0.39, 0.29) is 0 Å². The summed E-state index contributed by atoms with van der Waals surface area (Å²) in [4.78, 5) is 21.9. The van der Waals surface area contributed by atoms with Crippen LogP contribution in [0.4, 0.5) is 0 Å². The fraction of sp³-hybridized carbons (Fsp3) is 0.800. The van der Waals surface area contributed by atoms with Crippen LogP contribution in [-0.2, 0) is 9.59 Å². The Morgan fingerprint density at radius 2 is 1.24 bits per heavy atom. The molecular weight excluding hydrogens is 232 g/mol. The molecule has 0 rings (SSSR count). The van der Waals surface area contributed by atoms with Crippen molar-refractivity contribution in [1.29, 1.82) is 0 Å². The van der Waals surface area contributed by atoms with E-state index >= 15 is 0 Å². The molecule has 0 bridgehead atoms. The van der Waals surface area contributed by atoms with Gasteiger partial charge in [-0.2, -0.15) is 0 Å². The highest BCUT2D eigenvalue weighted by atomic mass is 16.4. The molecule has 0 radical (unpaired) electrons. The van der Waals surface area contributed by atoms with E-state index in [9.17, 15) is 24.9 Å². The lowest BCUT2D eigenvalue weighted by molar-refractivity contribution is -0.167. The molecule has 7 nitrogen and oxygen atoms in total. The van der Waals surface area contributed by atoms with Crippen LogP contribution in [0.5, 0.6) is 0 Å². The van der Waals surface area contributed by atoms with Gasteiger partial charge >= 0.3 is 5.97 Å². The largest absolute Gasteiger partial charge is 0.479 e. The summed E-state index contributed by atoms with van der Waals surface area (Å²) in [5.74, 6) is -2.52. The number of aliphatic hydroxyl groups excluding tert-OH is 4. The van der Waals surface area contributed by atoms with Crippen molar-refractivity contribution >= 4 is 11.8 Å². The first kappa shape index (κ1) is 16.0. The number of hydrogen-bond donors (Lipinski definition) is 5. The van der Waals surface area contributed by atoms with Crippen molar-refractivity contribution in [3.8, 4) is 0 Å². The van der Waals surface area contributed by atoms with Crippen LogP contribution in [0.3, 0.4) is 0 Å². The Hall–Kier alpha value is -1.02. The van der Waals surface area contributed by atoms with E-state index in [1.165, 1.54) is 20.8 Å². The second-order valence-corrected chi connectivity index (χ2v) is 4.82. The quantitative estimate of drug-likeness (QED) is 0.385. The monoisotopic (exact) mass is 250 g/mol. The summed E-state index contributed by atoms with van der Waals surface area (Å²) in [6.45, 7) is 4.47. The number of rotatable bonds is 5. The Morgan fingerprint density at radius 1 is 0.882 bits per heavy atom. The third kappa shape index (κ3) is 4.04. The van der Waals surface area contributed by atoms with Crippen LogP contribution in [0, 0.1) is 5.41 Å². The number of carboxylic acid groups (broad SMARTS) is 1. The molecule has 0 aromatic heterocycles. The van der Waals surface area contributed by atoms with Crippen molar-refractivity contribution in [2.24, 2.45) is 5.41 Å². The summed E-state index contributed by atoms with van der Waals surface area (Å²) in [7, 11) is 0. The number of carbonyl (C=O) groups excluding carboxylic acids is 1. The number of carbonyl (C=O) groups is 2. The average Bonchev–Trinajstić information content (AvgIpc) is 2.22. The molecule has 0 aliphatic carbocycles. The molecule has 0 fully saturated rings. The number of Topliss-reactive ketones (excluding diaryl/α,β-unsaturated/α-hetero) is 1. The van der Waals surface area contributed by atoms with Crippen LogP contribution < -0.4 is 0 Å². The Bertz CT molecular complexity index is 294. The van der Waals surface area contributed by atoms with Crippen molar-refractivity contribution in [2.45, 2.75) is 45.2 Å². The lowest BCUT2D eigenvalue weighted by Gasteiger charge is -2.28. The molecule has 0 aliphatic rings. The predicted molar refractivity (Wildman–Crippen MR) is 56.1 cm³/mol. The summed E-state index contributed by atoms with van der Waals surface area (Å²) in [5, 5.41) is 45.5. The van der Waals surface area contributed by atoms with Crippen LogP contribution in [0.15, 0.2) is 0 Å². The maximum Gasteiger partial charge on any atom is 0.335 e. The fourth-order valence-corrected chi connectivity index (χ4v) is 1.12. The van der Waals surface area contributed by atoms with Gasteiger partial charge in [-0.05, 0) is 0 Å². The van der Waals surface area contributed by atoms with Gasteiger partial charge in [0.05, 0.1) is 0 Å². The molecule has 4 unspecified atom stereocenters. The van der Waals surface area contributed by atoms with Crippen molar-refractivity contribution in [3.05, 3.63) is 0 Å². The standard InChI is InChI=1S/C10H18O7/c1-10(2,3)8(15)6(13)4(11)5(12)7(14)9(16)17/h4-7,11-14H,1-3H3,(H,16,17). The number of hydrogen-bond acceptors (Lipinski definition) is 6. The second-order valence-electron chi connectivity index (χ2n) is 4.82. The number of aliphatic carboxylic acids is 1. The minimum absolute atomic E-state index is 0.762. The van der Waals surface area contributed by atoms with E-state index in [1.807, 2.05) is 0 Å². The molecule has 0 spiro atoms. The van der Waals surface area contributed by atoms with E-state index in [1.54, 1.807) is 0 Å². The maximum atomic E-state index is 11.6. The summed E-state index contributed by atoms with van der Waals surface area (Å²) >= 11 is 0. The van der Waals surface area contributed by atoms with Gasteiger partial charge in [0, 0.05) is 5.41 Å². The van der Waals surface area contributed by atoms with E-state index in [4.69, 9.17) is 10.2 Å². The highest BCUT2D eigenvalue weighted by molar-refractivity contribution is 5.88. The SMILES string of the molecule is CC(C)(C)C(=O)C(O)C(O)C(O)C(O)C(=O)O. The van der Waals surface area contributed by atoms with Crippen molar-refractivity contribution in [1.82, 2.24) is 0 Å². The molecular formula is C10H18O7. The Balaban J connectivity index is 4.77. The number of aliphatic hydroxyl groups is 4. The van der Waals surface area contributed by atoms with Crippen LogP contribution in [0.2, 0.25) is 0 Å². The third-order valence-electron chi connectivity index (χ3n) is 2.26. The first-order chi connectivity index (χ1) is 7.50. The van der Waals surface area contributed by atoms with Gasteiger partial charge in [-0.15, -0.1) is 0 Å². The van der Waals surface area contributed by atoms with Crippen molar-refractivity contribution < 1.29 is 35.1 Å². The predicted octanol–water partition coefficient (Wildman–Crippen LogP) is -1.87. The molecule has 7 heteroatoms. The topological polar surface area (TPSA) is 135 Å². The molecule has 100 valence electrons. The van der Waals surface area contributed by atoms with Gasteiger partial charge in [0.1, 0.15) is 18.3 Å². The minimum Gasteiger partial charge on any atom is -0.479 e. The first-order valence-corrected chi connectivity index (χ1v) is 4.99. The maximum absolute atomic E-state index is 11.6. The molecule has 0 saturated carbocycles. The smallest absolute Gasteiger partial charge is 0.335 e. The van der Waals surface area contributed by atoms with Gasteiger partial charge in [0.25, 0.3) is 0 Å². The molecule has 0 aliphatic heterocycles.